The van der Waals surface area contributed by atoms with Crippen LogP contribution >= 0.6 is 22.6 Å². The maximum absolute atomic E-state index is 11.0. The Labute approximate surface area is 77.3 Å². The molecule has 0 aliphatic rings. The lowest BCUT2D eigenvalue weighted by Crippen LogP contribution is -2.22. The van der Waals surface area contributed by atoms with Crippen LogP contribution in [0.2, 0.25) is 0 Å². The topological polar surface area (TPSA) is 44.1 Å². The average molecular weight is 266 g/mol. The number of rotatable bonds is 2. The van der Waals surface area contributed by atoms with Crippen molar-refractivity contribution < 1.29 is 4.74 Å². The molecular formula is C6H7IN2O2. The Balaban J connectivity index is 3.00. The van der Waals surface area contributed by atoms with Crippen LogP contribution in [-0.4, -0.2) is 16.9 Å². The number of ether oxygens (including phenoxy) is 1. The molecule has 0 atom stereocenters. The highest BCUT2D eigenvalue weighted by Crippen LogP contribution is 1.95. The first-order valence-electron chi connectivity index (χ1n) is 2.95. The Bertz CT molecular complexity index is 297. The molecule has 0 fully saturated rings. The molecule has 0 bridgehead atoms. The Morgan fingerprint density at radius 3 is 3.09 bits per heavy atom. The van der Waals surface area contributed by atoms with E-state index < -0.39 is 0 Å². The second-order valence-electron chi connectivity index (χ2n) is 1.93. The van der Waals surface area contributed by atoms with Crippen molar-refractivity contribution >= 4 is 22.6 Å². The SMILES string of the molecule is COCn1ncc(I)cc1=O. The van der Waals surface area contributed by atoms with E-state index in [9.17, 15) is 4.79 Å². The molecule has 4 nitrogen and oxygen atoms in total. The van der Waals surface area contributed by atoms with Gasteiger partial charge in [-0.15, -0.1) is 0 Å². The van der Waals surface area contributed by atoms with Crippen molar-refractivity contribution in [1.82, 2.24) is 9.78 Å². The molecule has 0 aliphatic heterocycles. The van der Waals surface area contributed by atoms with E-state index in [1.54, 1.807) is 6.20 Å². The monoisotopic (exact) mass is 266 g/mol. The quantitative estimate of drug-likeness (QED) is 0.730. The minimum Gasteiger partial charge on any atom is -0.362 e. The fourth-order valence-electron chi connectivity index (χ4n) is 0.631. The first kappa shape index (κ1) is 8.66. The van der Waals surface area contributed by atoms with Gasteiger partial charge in [-0.05, 0) is 22.6 Å². The summed E-state index contributed by atoms with van der Waals surface area (Å²) < 4.78 is 6.83. The van der Waals surface area contributed by atoms with E-state index in [2.05, 4.69) is 5.10 Å². The van der Waals surface area contributed by atoms with Crippen molar-refractivity contribution in [3.63, 3.8) is 0 Å². The van der Waals surface area contributed by atoms with E-state index in [1.807, 2.05) is 22.6 Å². The molecule has 60 valence electrons. The van der Waals surface area contributed by atoms with Crippen LogP contribution in [0.4, 0.5) is 0 Å². The van der Waals surface area contributed by atoms with Crippen LogP contribution < -0.4 is 5.56 Å². The van der Waals surface area contributed by atoms with Gasteiger partial charge in [-0.2, -0.15) is 5.10 Å². The third-order valence-corrected chi connectivity index (χ3v) is 1.68. The normalized spacial score (nSPS) is 10.0. The largest absolute Gasteiger partial charge is 0.362 e. The number of hydrogen-bond donors (Lipinski definition) is 0. The van der Waals surface area contributed by atoms with Crippen molar-refractivity contribution in [3.8, 4) is 0 Å². The molecule has 1 aromatic rings. The van der Waals surface area contributed by atoms with Crippen molar-refractivity contribution in [1.29, 1.82) is 0 Å². The third kappa shape index (κ3) is 2.26. The summed E-state index contributed by atoms with van der Waals surface area (Å²) in [5.41, 5.74) is -0.140. The van der Waals surface area contributed by atoms with Gasteiger partial charge in [-0.25, -0.2) is 4.68 Å². The fourth-order valence-corrected chi connectivity index (χ4v) is 1.02. The molecule has 0 aliphatic carbocycles. The Kier molecular flexibility index (Phi) is 3.01. The smallest absolute Gasteiger partial charge is 0.269 e. The summed E-state index contributed by atoms with van der Waals surface area (Å²) in [4.78, 5) is 11.0. The molecule has 0 amide bonds. The second kappa shape index (κ2) is 3.82. The van der Waals surface area contributed by atoms with Crippen LogP contribution in [0.3, 0.4) is 0 Å². The number of nitrogens with zero attached hydrogens (tertiary/aromatic N) is 2. The van der Waals surface area contributed by atoms with Gasteiger partial charge in [0.1, 0.15) is 6.73 Å². The summed E-state index contributed by atoms with van der Waals surface area (Å²) in [6.07, 6.45) is 1.61. The first-order chi connectivity index (χ1) is 5.24. The van der Waals surface area contributed by atoms with E-state index in [1.165, 1.54) is 17.9 Å². The lowest BCUT2D eigenvalue weighted by molar-refractivity contribution is 0.116. The van der Waals surface area contributed by atoms with Gasteiger partial charge in [0, 0.05) is 16.7 Å². The van der Waals surface area contributed by atoms with E-state index in [0.29, 0.717) is 0 Å². The Hall–Kier alpha value is -0.430. The molecule has 0 saturated carbocycles. The predicted octanol–water partition coefficient (Wildman–Crippen LogP) is 0.452. The molecule has 0 N–H and O–H groups in total. The van der Waals surface area contributed by atoms with Gasteiger partial charge in [0.05, 0.1) is 6.20 Å². The van der Waals surface area contributed by atoms with E-state index in [-0.39, 0.29) is 12.3 Å². The highest BCUT2D eigenvalue weighted by Gasteiger charge is 1.95. The van der Waals surface area contributed by atoms with Gasteiger partial charge in [0.2, 0.25) is 0 Å². The lowest BCUT2D eigenvalue weighted by Gasteiger charge is -2.00. The highest BCUT2D eigenvalue weighted by atomic mass is 127. The number of halogens is 1. The summed E-state index contributed by atoms with van der Waals surface area (Å²) >= 11 is 2.03. The first-order valence-corrected chi connectivity index (χ1v) is 4.03. The van der Waals surface area contributed by atoms with Crippen LogP contribution in [0.5, 0.6) is 0 Å². The molecule has 0 spiro atoms. The van der Waals surface area contributed by atoms with Crippen LogP contribution in [0.1, 0.15) is 0 Å². The van der Waals surface area contributed by atoms with E-state index in [4.69, 9.17) is 4.74 Å². The van der Waals surface area contributed by atoms with Crippen molar-refractivity contribution in [3.05, 3.63) is 26.2 Å². The minimum atomic E-state index is -0.140. The number of hydrogen-bond acceptors (Lipinski definition) is 3. The molecule has 0 saturated heterocycles. The highest BCUT2D eigenvalue weighted by molar-refractivity contribution is 14.1. The van der Waals surface area contributed by atoms with Crippen LogP contribution in [-0.2, 0) is 11.5 Å². The molecule has 1 heterocycles. The van der Waals surface area contributed by atoms with E-state index in [0.717, 1.165) is 3.57 Å². The third-order valence-electron chi connectivity index (χ3n) is 1.09. The van der Waals surface area contributed by atoms with E-state index >= 15 is 0 Å². The van der Waals surface area contributed by atoms with Gasteiger partial charge >= 0.3 is 0 Å². The summed E-state index contributed by atoms with van der Waals surface area (Å²) in [5, 5.41) is 3.84. The Morgan fingerprint density at radius 1 is 1.82 bits per heavy atom. The fraction of sp³-hybridized carbons (Fsp3) is 0.333. The summed E-state index contributed by atoms with van der Waals surface area (Å²) in [5.74, 6) is 0. The molecule has 5 heteroatoms. The van der Waals surface area contributed by atoms with Gasteiger partial charge in [0.25, 0.3) is 5.56 Å². The van der Waals surface area contributed by atoms with Crippen molar-refractivity contribution in [2.24, 2.45) is 0 Å². The zero-order valence-corrected chi connectivity index (χ0v) is 8.11. The molecule has 1 rings (SSSR count). The predicted molar refractivity (Wildman–Crippen MR) is 48.2 cm³/mol. The average Bonchev–Trinajstić information content (AvgIpc) is 1.95. The summed E-state index contributed by atoms with van der Waals surface area (Å²) in [7, 11) is 1.52. The molecule has 0 unspecified atom stereocenters. The number of aromatic nitrogens is 2. The van der Waals surface area contributed by atoms with Crippen LogP contribution in [0.25, 0.3) is 0 Å². The zero-order chi connectivity index (χ0) is 8.27. The van der Waals surface area contributed by atoms with Gasteiger partial charge in [-0.1, -0.05) is 0 Å². The number of methoxy groups -OCH3 is 1. The maximum atomic E-state index is 11.0. The maximum Gasteiger partial charge on any atom is 0.269 e. The second-order valence-corrected chi connectivity index (χ2v) is 3.17. The Morgan fingerprint density at radius 2 is 2.55 bits per heavy atom. The van der Waals surface area contributed by atoms with Crippen LogP contribution in [0, 0.1) is 3.57 Å². The molecule has 1 aromatic heterocycles. The molecular weight excluding hydrogens is 259 g/mol. The van der Waals surface area contributed by atoms with Crippen molar-refractivity contribution in [2.75, 3.05) is 7.11 Å². The van der Waals surface area contributed by atoms with Gasteiger partial charge in [-0.3, -0.25) is 4.79 Å². The summed E-state index contributed by atoms with van der Waals surface area (Å²) in [6.45, 7) is 0.204. The lowest BCUT2D eigenvalue weighted by atomic mass is 10.6. The molecule has 11 heavy (non-hydrogen) atoms. The standard InChI is InChI=1S/C6H7IN2O2/c1-11-4-9-6(10)2-5(7)3-8-9/h2-3H,4H2,1H3. The van der Waals surface area contributed by atoms with Crippen molar-refractivity contribution in [2.45, 2.75) is 6.73 Å². The summed E-state index contributed by atoms with van der Waals surface area (Å²) in [6, 6.07) is 1.51. The molecule has 0 radical (unpaired) electrons. The van der Waals surface area contributed by atoms with Gasteiger partial charge in [0.15, 0.2) is 0 Å². The zero-order valence-electron chi connectivity index (χ0n) is 5.95. The minimum absolute atomic E-state index is 0.140. The van der Waals surface area contributed by atoms with Gasteiger partial charge < -0.3 is 4.74 Å². The van der Waals surface area contributed by atoms with Crippen LogP contribution in [0.15, 0.2) is 17.1 Å². The molecule has 0 aromatic carbocycles.